The number of benzene rings is 1. The number of hydrogen-bond donors (Lipinski definition) is 1. The summed E-state index contributed by atoms with van der Waals surface area (Å²) in [6.07, 6.45) is 0. The highest BCUT2D eigenvalue weighted by Crippen LogP contribution is 2.15. The standard InChI is InChI=1S/C13H21NS2/c1-3-15-11-12(2)14-9-10-16-13-7-5-4-6-8-13/h4-8,12,14H,3,9-11H2,1-2H3. The van der Waals surface area contributed by atoms with E-state index in [0.29, 0.717) is 6.04 Å². The predicted molar refractivity (Wildman–Crippen MR) is 77.6 cm³/mol. The first-order valence-corrected chi connectivity index (χ1v) is 7.96. The Morgan fingerprint density at radius 3 is 2.69 bits per heavy atom. The second-order valence-corrected chi connectivity index (χ2v) is 6.16. The Hall–Kier alpha value is -0.120. The molecule has 0 aliphatic carbocycles. The fourth-order valence-corrected chi connectivity index (χ4v) is 2.86. The van der Waals surface area contributed by atoms with Crippen LogP contribution in [0.25, 0.3) is 0 Å². The van der Waals surface area contributed by atoms with Crippen molar-refractivity contribution in [2.45, 2.75) is 24.8 Å². The molecule has 0 saturated carbocycles. The molecule has 1 atom stereocenters. The lowest BCUT2D eigenvalue weighted by atomic mass is 10.4. The van der Waals surface area contributed by atoms with Crippen LogP contribution in [0.5, 0.6) is 0 Å². The minimum atomic E-state index is 0.626. The third-order valence-electron chi connectivity index (χ3n) is 2.18. The lowest BCUT2D eigenvalue weighted by Crippen LogP contribution is -2.30. The average Bonchev–Trinajstić information content (AvgIpc) is 2.33. The lowest BCUT2D eigenvalue weighted by Gasteiger charge is -2.12. The van der Waals surface area contributed by atoms with E-state index in [-0.39, 0.29) is 0 Å². The van der Waals surface area contributed by atoms with Crippen LogP contribution in [-0.2, 0) is 0 Å². The summed E-state index contributed by atoms with van der Waals surface area (Å²) in [5.74, 6) is 3.57. The van der Waals surface area contributed by atoms with E-state index in [2.05, 4.69) is 49.5 Å². The van der Waals surface area contributed by atoms with Crippen LogP contribution in [0.2, 0.25) is 0 Å². The second kappa shape index (κ2) is 8.97. The van der Waals surface area contributed by atoms with Crippen LogP contribution in [0.3, 0.4) is 0 Å². The molecule has 1 rings (SSSR count). The molecule has 1 aromatic rings. The molecule has 1 N–H and O–H groups in total. The fourth-order valence-electron chi connectivity index (χ4n) is 1.34. The van der Waals surface area contributed by atoms with Gasteiger partial charge in [0.15, 0.2) is 0 Å². The molecule has 0 heterocycles. The topological polar surface area (TPSA) is 12.0 Å². The molecule has 0 amide bonds. The largest absolute Gasteiger partial charge is 0.313 e. The van der Waals surface area contributed by atoms with Gasteiger partial charge in [-0.25, -0.2) is 0 Å². The van der Waals surface area contributed by atoms with Gasteiger partial charge in [-0.05, 0) is 24.8 Å². The highest BCUT2D eigenvalue weighted by Gasteiger charge is 1.99. The monoisotopic (exact) mass is 255 g/mol. The molecule has 0 fully saturated rings. The summed E-state index contributed by atoms with van der Waals surface area (Å²) in [7, 11) is 0. The first-order valence-electron chi connectivity index (χ1n) is 5.82. The molecule has 16 heavy (non-hydrogen) atoms. The molecule has 3 heteroatoms. The van der Waals surface area contributed by atoms with Gasteiger partial charge in [-0.1, -0.05) is 25.1 Å². The van der Waals surface area contributed by atoms with E-state index in [1.165, 1.54) is 16.4 Å². The van der Waals surface area contributed by atoms with E-state index >= 15 is 0 Å². The highest BCUT2D eigenvalue weighted by molar-refractivity contribution is 7.99. The molecule has 0 spiro atoms. The SMILES string of the molecule is CCSCC(C)NCCSc1ccccc1. The van der Waals surface area contributed by atoms with Gasteiger partial charge in [0.2, 0.25) is 0 Å². The first-order chi connectivity index (χ1) is 7.83. The van der Waals surface area contributed by atoms with Crippen molar-refractivity contribution < 1.29 is 0 Å². The van der Waals surface area contributed by atoms with Gasteiger partial charge in [0.1, 0.15) is 0 Å². The Balaban J connectivity index is 2.03. The van der Waals surface area contributed by atoms with Crippen LogP contribution in [0.15, 0.2) is 35.2 Å². The van der Waals surface area contributed by atoms with E-state index in [4.69, 9.17) is 0 Å². The van der Waals surface area contributed by atoms with Crippen molar-refractivity contribution in [2.75, 3.05) is 23.8 Å². The zero-order valence-electron chi connectivity index (χ0n) is 10.1. The summed E-state index contributed by atoms with van der Waals surface area (Å²) in [4.78, 5) is 1.36. The molecule has 90 valence electrons. The van der Waals surface area contributed by atoms with Gasteiger partial charge in [-0.2, -0.15) is 11.8 Å². The van der Waals surface area contributed by atoms with E-state index in [0.717, 1.165) is 12.3 Å². The second-order valence-electron chi connectivity index (χ2n) is 3.68. The lowest BCUT2D eigenvalue weighted by molar-refractivity contribution is 0.623. The summed E-state index contributed by atoms with van der Waals surface area (Å²) >= 11 is 3.92. The van der Waals surface area contributed by atoms with Gasteiger partial charge in [-0.15, -0.1) is 11.8 Å². The van der Waals surface area contributed by atoms with Crippen LogP contribution < -0.4 is 5.32 Å². The van der Waals surface area contributed by atoms with Crippen LogP contribution in [0, 0.1) is 0 Å². The van der Waals surface area contributed by atoms with Gasteiger partial charge in [0, 0.05) is 29.0 Å². The van der Waals surface area contributed by atoms with Crippen LogP contribution in [0.1, 0.15) is 13.8 Å². The maximum atomic E-state index is 3.55. The summed E-state index contributed by atoms with van der Waals surface area (Å²) in [5.41, 5.74) is 0. The molecule has 0 saturated heterocycles. The molecule has 0 aromatic heterocycles. The summed E-state index contributed by atoms with van der Waals surface area (Å²) in [6.45, 7) is 5.56. The van der Waals surface area contributed by atoms with Crippen molar-refractivity contribution in [3.63, 3.8) is 0 Å². The molecule has 1 nitrogen and oxygen atoms in total. The Kier molecular flexibility index (Phi) is 7.81. The highest BCUT2D eigenvalue weighted by atomic mass is 32.2. The van der Waals surface area contributed by atoms with E-state index in [1.54, 1.807) is 0 Å². The number of thioether (sulfide) groups is 2. The van der Waals surface area contributed by atoms with Crippen LogP contribution in [0.4, 0.5) is 0 Å². The molecule has 0 aliphatic rings. The normalized spacial score (nSPS) is 12.6. The maximum Gasteiger partial charge on any atom is 0.0130 e. The number of rotatable bonds is 8. The van der Waals surface area contributed by atoms with Crippen molar-refractivity contribution in [3.05, 3.63) is 30.3 Å². The summed E-state index contributed by atoms with van der Waals surface area (Å²) in [6, 6.07) is 11.2. The smallest absolute Gasteiger partial charge is 0.0130 e. The minimum Gasteiger partial charge on any atom is -0.313 e. The average molecular weight is 255 g/mol. The van der Waals surface area contributed by atoms with Gasteiger partial charge < -0.3 is 5.32 Å². The van der Waals surface area contributed by atoms with Crippen molar-refractivity contribution in [2.24, 2.45) is 0 Å². The number of hydrogen-bond acceptors (Lipinski definition) is 3. The van der Waals surface area contributed by atoms with Crippen molar-refractivity contribution >= 4 is 23.5 Å². The third kappa shape index (κ3) is 6.46. The molecule has 1 aromatic carbocycles. The Bertz CT molecular complexity index is 264. The van der Waals surface area contributed by atoms with Gasteiger partial charge in [-0.3, -0.25) is 0 Å². The summed E-state index contributed by atoms with van der Waals surface area (Å²) < 4.78 is 0. The van der Waals surface area contributed by atoms with Gasteiger partial charge in [0.25, 0.3) is 0 Å². The van der Waals surface area contributed by atoms with Crippen molar-refractivity contribution in [1.29, 1.82) is 0 Å². The van der Waals surface area contributed by atoms with E-state index in [1.807, 2.05) is 23.5 Å². The first kappa shape index (κ1) is 13.9. The number of nitrogens with one attached hydrogen (secondary N) is 1. The molecule has 0 bridgehead atoms. The molecular weight excluding hydrogens is 234 g/mol. The Morgan fingerprint density at radius 2 is 2.00 bits per heavy atom. The van der Waals surface area contributed by atoms with Gasteiger partial charge in [0.05, 0.1) is 0 Å². The van der Waals surface area contributed by atoms with E-state index < -0.39 is 0 Å². The molecular formula is C13H21NS2. The third-order valence-corrected chi connectivity index (χ3v) is 4.34. The predicted octanol–water partition coefficient (Wildman–Crippen LogP) is 3.51. The van der Waals surface area contributed by atoms with Crippen molar-refractivity contribution in [1.82, 2.24) is 5.32 Å². The Morgan fingerprint density at radius 1 is 1.25 bits per heavy atom. The minimum absolute atomic E-state index is 0.626. The molecule has 1 unspecified atom stereocenters. The van der Waals surface area contributed by atoms with Crippen molar-refractivity contribution in [3.8, 4) is 0 Å². The fraction of sp³-hybridized carbons (Fsp3) is 0.538. The zero-order chi connectivity index (χ0) is 11.6. The van der Waals surface area contributed by atoms with Crippen LogP contribution in [-0.4, -0.2) is 29.8 Å². The quantitative estimate of drug-likeness (QED) is 0.564. The van der Waals surface area contributed by atoms with Gasteiger partial charge >= 0.3 is 0 Å². The molecule has 0 aliphatic heterocycles. The molecule has 0 radical (unpaired) electrons. The Labute approximate surface area is 108 Å². The van der Waals surface area contributed by atoms with Crippen LogP contribution >= 0.6 is 23.5 Å². The van der Waals surface area contributed by atoms with E-state index in [9.17, 15) is 0 Å². The zero-order valence-corrected chi connectivity index (χ0v) is 11.7. The maximum absolute atomic E-state index is 3.55. The summed E-state index contributed by atoms with van der Waals surface area (Å²) in [5, 5.41) is 3.55.